The molecule has 7 nitrogen and oxygen atoms in total. The van der Waals surface area contributed by atoms with Crippen LogP contribution in [0.3, 0.4) is 0 Å². The van der Waals surface area contributed by atoms with E-state index >= 15 is 0 Å². The number of hydrogen-bond acceptors (Lipinski definition) is 5. The van der Waals surface area contributed by atoms with Crippen LogP contribution in [-0.2, 0) is 0 Å². The first-order chi connectivity index (χ1) is 12.3. The quantitative estimate of drug-likeness (QED) is 0.667. The number of nitro groups is 1. The summed E-state index contributed by atoms with van der Waals surface area (Å²) in [6, 6.07) is 10.8. The lowest BCUT2D eigenvalue weighted by atomic mass is 9.89. The molecule has 0 radical (unpaired) electrons. The van der Waals surface area contributed by atoms with Crippen molar-refractivity contribution in [3.8, 4) is 11.5 Å². The third kappa shape index (κ3) is 3.61. The molecule has 0 saturated heterocycles. The van der Waals surface area contributed by atoms with Gasteiger partial charge < -0.3 is 14.8 Å². The van der Waals surface area contributed by atoms with E-state index in [4.69, 9.17) is 9.47 Å². The van der Waals surface area contributed by atoms with Gasteiger partial charge in [-0.3, -0.25) is 14.9 Å². The van der Waals surface area contributed by atoms with Crippen molar-refractivity contribution in [3.63, 3.8) is 0 Å². The molecule has 0 fully saturated rings. The summed E-state index contributed by atoms with van der Waals surface area (Å²) in [5.74, 6) is 1.09. The Morgan fingerprint density at radius 3 is 2.58 bits per heavy atom. The van der Waals surface area contributed by atoms with Gasteiger partial charge in [0.1, 0.15) is 17.1 Å². The lowest BCUT2D eigenvalue weighted by Gasteiger charge is -2.38. The van der Waals surface area contributed by atoms with Gasteiger partial charge in [-0.2, -0.15) is 0 Å². The van der Waals surface area contributed by atoms with Crippen LogP contribution in [0.1, 0.15) is 42.2 Å². The van der Waals surface area contributed by atoms with E-state index in [1.165, 1.54) is 24.3 Å². The van der Waals surface area contributed by atoms with Crippen molar-refractivity contribution < 1.29 is 19.2 Å². The first-order valence-corrected chi connectivity index (χ1v) is 8.21. The van der Waals surface area contributed by atoms with Gasteiger partial charge in [0.05, 0.1) is 18.1 Å². The van der Waals surface area contributed by atoms with Crippen LogP contribution >= 0.6 is 0 Å². The minimum absolute atomic E-state index is 0.0520. The lowest BCUT2D eigenvalue weighted by molar-refractivity contribution is -0.384. The van der Waals surface area contributed by atoms with E-state index in [1.54, 1.807) is 7.11 Å². The topological polar surface area (TPSA) is 90.7 Å². The summed E-state index contributed by atoms with van der Waals surface area (Å²) >= 11 is 0. The number of hydrogen-bond donors (Lipinski definition) is 1. The fourth-order valence-electron chi connectivity index (χ4n) is 3.06. The molecule has 0 aliphatic carbocycles. The Labute approximate surface area is 151 Å². The van der Waals surface area contributed by atoms with Gasteiger partial charge in [0, 0.05) is 29.7 Å². The molecule has 1 amide bonds. The van der Waals surface area contributed by atoms with E-state index in [0.29, 0.717) is 23.5 Å². The van der Waals surface area contributed by atoms with Crippen molar-refractivity contribution in [2.45, 2.75) is 31.9 Å². The van der Waals surface area contributed by atoms with Crippen LogP contribution in [0, 0.1) is 10.1 Å². The summed E-state index contributed by atoms with van der Waals surface area (Å²) < 4.78 is 11.3. The number of non-ortho nitro benzene ring substituents is 1. The molecule has 3 rings (SSSR count). The molecular formula is C19H20N2O5. The molecule has 1 atom stereocenters. The molecule has 7 heteroatoms. The van der Waals surface area contributed by atoms with Gasteiger partial charge in [-0.1, -0.05) is 0 Å². The van der Waals surface area contributed by atoms with Crippen LogP contribution in [0.2, 0.25) is 0 Å². The normalized spacial score (nSPS) is 17.6. The second-order valence-electron chi connectivity index (χ2n) is 6.80. The first kappa shape index (κ1) is 17.7. The molecular weight excluding hydrogens is 336 g/mol. The molecule has 2 aromatic rings. The molecule has 0 saturated carbocycles. The van der Waals surface area contributed by atoms with Gasteiger partial charge in [-0.05, 0) is 44.2 Å². The lowest BCUT2D eigenvalue weighted by Crippen LogP contribution is -2.41. The van der Waals surface area contributed by atoms with Crippen LogP contribution in [0.15, 0.2) is 42.5 Å². The molecule has 0 bridgehead atoms. The van der Waals surface area contributed by atoms with Gasteiger partial charge in [0.2, 0.25) is 0 Å². The number of benzene rings is 2. The summed E-state index contributed by atoms with van der Waals surface area (Å²) in [4.78, 5) is 22.9. The van der Waals surface area contributed by atoms with E-state index in [1.807, 2.05) is 32.0 Å². The van der Waals surface area contributed by atoms with E-state index in [-0.39, 0.29) is 17.6 Å². The molecule has 0 unspecified atom stereocenters. The number of carbonyl (C=O) groups excluding carboxylic acids is 1. The van der Waals surface area contributed by atoms with E-state index in [9.17, 15) is 14.9 Å². The van der Waals surface area contributed by atoms with Crippen molar-refractivity contribution in [1.82, 2.24) is 5.32 Å². The maximum absolute atomic E-state index is 12.6. The standard InChI is InChI=1S/C19H20N2O5/c1-19(2)11-16(15-10-14(25-3)8-9-17(15)26-19)20-18(22)12-4-6-13(7-5-12)21(23)24/h4-10,16H,11H2,1-3H3,(H,20,22)/t16-/m0/s1. The van der Waals surface area contributed by atoms with Crippen LogP contribution in [0.5, 0.6) is 11.5 Å². The summed E-state index contributed by atoms with van der Waals surface area (Å²) in [5.41, 5.74) is 0.724. The highest BCUT2D eigenvalue weighted by Gasteiger charge is 2.35. The van der Waals surface area contributed by atoms with Gasteiger partial charge >= 0.3 is 0 Å². The maximum atomic E-state index is 12.6. The molecule has 1 aliphatic heterocycles. The van der Waals surface area contributed by atoms with Crippen molar-refractivity contribution in [1.29, 1.82) is 0 Å². The summed E-state index contributed by atoms with van der Waals surface area (Å²) in [7, 11) is 1.58. The number of rotatable bonds is 4. The Morgan fingerprint density at radius 1 is 1.27 bits per heavy atom. The maximum Gasteiger partial charge on any atom is 0.269 e. The SMILES string of the molecule is COc1ccc2c(c1)[C@@H](NC(=O)c1ccc([N+](=O)[O-])cc1)CC(C)(C)O2. The molecule has 0 aromatic heterocycles. The van der Waals surface area contributed by atoms with Gasteiger partial charge in [-0.25, -0.2) is 0 Å². The van der Waals surface area contributed by atoms with Crippen molar-refractivity contribution in [2.24, 2.45) is 0 Å². The average Bonchev–Trinajstić information content (AvgIpc) is 2.60. The minimum atomic E-state index is -0.495. The zero-order valence-electron chi connectivity index (χ0n) is 14.8. The summed E-state index contributed by atoms with van der Waals surface area (Å²) in [5, 5.41) is 13.8. The molecule has 136 valence electrons. The molecule has 1 heterocycles. The van der Waals surface area contributed by atoms with Crippen LogP contribution in [-0.4, -0.2) is 23.5 Å². The van der Waals surface area contributed by atoms with Crippen molar-refractivity contribution >= 4 is 11.6 Å². The number of nitrogens with one attached hydrogen (secondary N) is 1. The monoisotopic (exact) mass is 356 g/mol. The number of methoxy groups -OCH3 is 1. The Balaban J connectivity index is 1.86. The Kier molecular flexibility index (Phi) is 4.54. The third-order valence-corrected chi connectivity index (χ3v) is 4.32. The zero-order chi connectivity index (χ0) is 18.9. The Bertz CT molecular complexity index is 846. The fourth-order valence-corrected chi connectivity index (χ4v) is 3.06. The van der Waals surface area contributed by atoms with E-state index in [0.717, 1.165) is 5.56 Å². The van der Waals surface area contributed by atoms with Crippen LogP contribution in [0.25, 0.3) is 0 Å². The molecule has 0 spiro atoms. The number of nitrogens with zero attached hydrogens (tertiary/aromatic N) is 1. The number of amides is 1. The number of ether oxygens (including phenoxy) is 2. The second-order valence-corrected chi connectivity index (χ2v) is 6.80. The average molecular weight is 356 g/mol. The predicted molar refractivity (Wildman–Crippen MR) is 95.6 cm³/mol. The highest BCUT2D eigenvalue weighted by atomic mass is 16.6. The van der Waals surface area contributed by atoms with Crippen LogP contribution < -0.4 is 14.8 Å². The smallest absolute Gasteiger partial charge is 0.269 e. The van der Waals surface area contributed by atoms with Gasteiger partial charge in [0.25, 0.3) is 11.6 Å². The van der Waals surface area contributed by atoms with Gasteiger partial charge in [-0.15, -0.1) is 0 Å². The Morgan fingerprint density at radius 2 is 1.96 bits per heavy atom. The number of carbonyl (C=O) groups is 1. The summed E-state index contributed by atoms with van der Waals surface area (Å²) in [6.45, 7) is 3.93. The largest absolute Gasteiger partial charge is 0.497 e. The van der Waals surface area contributed by atoms with Crippen molar-refractivity contribution in [3.05, 3.63) is 63.7 Å². The van der Waals surface area contributed by atoms with Crippen molar-refractivity contribution in [2.75, 3.05) is 7.11 Å². The third-order valence-electron chi connectivity index (χ3n) is 4.32. The Hall–Kier alpha value is -3.09. The summed E-state index contributed by atoms with van der Waals surface area (Å²) in [6.07, 6.45) is 0.589. The molecule has 1 aliphatic rings. The fraction of sp³-hybridized carbons (Fsp3) is 0.316. The highest BCUT2D eigenvalue weighted by molar-refractivity contribution is 5.94. The van der Waals surface area contributed by atoms with Crippen LogP contribution in [0.4, 0.5) is 5.69 Å². The zero-order valence-corrected chi connectivity index (χ0v) is 14.8. The molecule has 2 aromatic carbocycles. The highest BCUT2D eigenvalue weighted by Crippen LogP contribution is 2.41. The second kappa shape index (κ2) is 6.67. The molecule has 1 N–H and O–H groups in total. The number of fused-ring (bicyclic) bond motifs is 1. The van der Waals surface area contributed by atoms with E-state index in [2.05, 4.69) is 5.32 Å². The number of nitro benzene ring substituents is 1. The first-order valence-electron chi connectivity index (χ1n) is 8.21. The minimum Gasteiger partial charge on any atom is -0.497 e. The van der Waals surface area contributed by atoms with Gasteiger partial charge in [0.15, 0.2) is 0 Å². The predicted octanol–water partition coefficient (Wildman–Crippen LogP) is 3.64. The molecule has 26 heavy (non-hydrogen) atoms. The van der Waals surface area contributed by atoms with E-state index < -0.39 is 10.5 Å².